The highest BCUT2D eigenvalue weighted by Crippen LogP contribution is 2.25. The third-order valence-corrected chi connectivity index (χ3v) is 4.96. The number of sulfonamides is 1. The first kappa shape index (κ1) is 16.1. The number of para-hydroxylation sites is 1. The molecule has 2 aromatic rings. The number of hydrogen-bond donors (Lipinski definition) is 1. The van der Waals surface area contributed by atoms with Crippen LogP contribution in [-0.4, -0.2) is 20.2 Å². The summed E-state index contributed by atoms with van der Waals surface area (Å²) in [7, 11) is -3.98. The van der Waals surface area contributed by atoms with E-state index in [1.54, 1.807) is 0 Å². The van der Waals surface area contributed by atoms with Crippen LogP contribution in [0.25, 0.3) is 0 Å². The van der Waals surface area contributed by atoms with E-state index in [1.165, 1.54) is 42.5 Å². The van der Waals surface area contributed by atoms with Gasteiger partial charge in [-0.3, -0.25) is 19.2 Å². The molecule has 0 bridgehead atoms. The molecule has 1 aliphatic rings. The summed E-state index contributed by atoms with van der Waals surface area (Å²) in [6.45, 7) is 0. The average molecular weight is 348 g/mol. The molecule has 6 nitrogen and oxygen atoms in total. The van der Waals surface area contributed by atoms with Gasteiger partial charge in [0.1, 0.15) is 5.82 Å². The molecule has 1 N–H and O–H groups in total. The monoisotopic (exact) mass is 348 g/mol. The lowest BCUT2D eigenvalue weighted by Crippen LogP contribution is -2.28. The Morgan fingerprint density at radius 3 is 2.08 bits per heavy atom. The van der Waals surface area contributed by atoms with Crippen LogP contribution >= 0.6 is 0 Å². The molecule has 1 saturated heterocycles. The molecule has 24 heavy (non-hydrogen) atoms. The number of nitrogens with zero attached hydrogens (tertiary/aromatic N) is 1. The van der Waals surface area contributed by atoms with Crippen molar-refractivity contribution in [3.63, 3.8) is 0 Å². The fraction of sp³-hybridized carbons (Fsp3) is 0.125. The van der Waals surface area contributed by atoms with E-state index in [-0.39, 0.29) is 35.2 Å². The molecule has 1 heterocycles. The Balaban J connectivity index is 1.86. The summed E-state index contributed by atoms with van der Waals surface area (Å²) in [5, 5.41) is 0. The van der Waals surface area contributed by atoms with Gasteiger partial charge in [-0.05, 0) is 36.4 Å². The predicted octanol–water partition coefficient (Wildman–Crippen LogP) is 2.28. The van der Waals surface area contributed by atoms with Crippen molar-refractivity contribution in [1.29, 1.82) is 0 Å². The normalized spacial score (nSPS) is 15.0. The third-order valence-electron chi connectivity index (χ3n) is 3.57. The van der Waals surface area contributed by atoms with E-state index in [9.17, 15) is 22.4 Å². The minimum atomic E-state index is -3.98. The summed E-state index contributed by atoms with van der Waals surface area (Å²) in [4.78, 5) is 24.3. The van der Waals surface area contributed by atoms with Crippen molar-refractivity contribution in [1.82, 2.24) is 0 Å². The van der Waals surface area contributed by atoms with Crippen LogP contribution in [0.1, 0.15) is 12.8 Å². The van der Waals surface area contributed by atoms with Crippen LogP contribution < -0.4 is 9.62 Å². The largest absolute Gasteiger partial charge is 0.277 e. The summed E-state index contributed by atoms with van der Waals surface area (Å²) in [6.07, 6.45) is 0.293. The van der Waals surface area contributed by atoms with Crippen LogP contribution in [-0.2, 0) is 19.6 Å². The number of anilines is 2. The lowest BCUT2D eigenvalue weighted by molar-refractivity contribution is -0.121. The number of halogens is 1. The highest BCUT2D eigenvalue weighted by Gasteiger charge is 2.30. The van der Waals surface area contributed by atoms with Crippen LogP contribution in [0.2, 0.25) is 0 Å². The van der Waals surface area contributed by atoms with Crippen molar-refractivity contribution in [2.24, 2.45) is 0 Å². The van der Waals surface area contributed by atoms with Gasteiger partial charge < -0.3 is 0 Å². The van der Waals surface area contributed by atoms with Gasteiger partial charge in [-0.2, -0.15) is 0 Å². The van der Waals surface area contributed by atoms with Gasteiger partial charge in [-0.25, -0.2) is 12.8 Å². The van der Waals surface area contributed by atoms with Gasteiger partial charge in [0, 0.05) is 12.8 Å². The molecular formula is C16H13FN2O4S. The number of carbonyl (C=O) groups is 2. The van der Waals surface area contributed by atoms with Crippen molar-refractivity contribution >= 4 is 33.2 Å². The van der Waals surface area contributed by atoms with E-state index in [0.29, 0.717) is 5.69 Å². The number of imide groups is 1. The zero-order chi connectivity index (χ0) is 17.3. The minimum Gasteiger partial charge on any atom is -0.277 e. The second kappa shape index (κ2) is 6.04. The summed E-state index contributed by atoms with van der Waals surface area (Å²) < 4.78 is 40.3. The van der Waals surface area contributed by atoms with E-state index in [4.69, 9.17) is 0 Å². The number of rotatable bonds is 4. The molecule has 0 saturated carbocycles. The van der Waals surface area contributed by atoms with E-state index in [2.05, 4.69) is 4.72 Å². The number of amides is 2. The van der Waals surface area contributed by atoms with Gasteiger partial charge in [0.25, 0.3) is 10.0 Å². The van der Waals surface area contributed by atoms with E-state index in [1.807, 2.05) is 0 Å². The topological polar surface area (TPSA) is 83.6 Å². The predicted molar refractivity (Wildman–Crippen MR) is 85.4 cm³/mol. The van der Waals surface area contributed by atoms with Gasteiger partial charge in [0.05, 0.1) is 16.3 Å². The smallest absolute Gasteiger partial charge is 0.261 e. The molecule has 0 aliphatic carbocycles. The first-order valence-corrected chi connectivity index (χ1v) is 8.60. The fourth-order valence-corrected chi connectivity index (χ4v) is 3.45. The van der Waals surface area contributed by atoms with Gasteiger partial charge in [0.15, 0.2) is 0 Å². The summed E-state index contributed by atoms with van der Waals surface area (Å²) in [6, 6.07) is 10.7. The molecular weight excluding hydrogens is 335 g/mol. The molecule has 1 fully saturated rings. The standard InChI is InChI=1S/C16H13FN2O4S/c17-13-3-1-2-4-14(13)18-24(22,23)12-7-5-11(6-8-12)19-15(20)9-10-16(19)21/h1-8,18H,9-10H2. The molecule has 2 amide bonds. The van der Waals surface area contributed by atoms with Crippen LogP contribution in [0.15, 0.2) is 53.4 Å². The molecule has 3 rings (SSSR count). The number of nitrogens with one attached hydrogen (secondary N) is 1. The maximum Gasteiger partial charge on any atom is 0.261 e. The molecule has 0 unspecified atom stereocenters. The average Bonchev–Trinajstić information content (AvgIpc) is 2.88. The quantitative estimate of drug-likeness (QED) is 0.859. The van der Waals surface area contributed by atoms with Crippen molar-refractivity contribution in [2.75, 3.05) is 9.62 Å². The Hall–Kier alpha value is -2.74. The Morgan fingerprint density at radius 2 is 1.50 bits per heavy atom. The van der Waals surface area contributed by atoms with Crippen molar-refractivity contribution in [2.45, 2.75) is 17.7 Å². The lowest BCUT2D eigenvalue weighted by Gasteiger charge is -2.14. The molecule has 0 atom stereocenters. The second-order valence-corrected chi connectivity index (χ2v) is 6.88. The summed E-state index contributed by atoms with van der Waals surface area (Å²) in [5.74, 6) is -1.33. The molecule has 124 valence electrons. The highest BCUT2D eigenvalue weighted by atomic mass is 32.2. The summed E-state index contributed by atoms with van der Waals surface area (Å²) >= 11 is 0. The van der Waals surface area contributed by atoms with E-state index in [0.717, 1.165) is 11.0 Å². The maximum absolute atomic E-state index is 13.6. The maximum atomic E-state index is 13.6. The van der Waals surface area contributed by atoms with Crippen molar-refractivity contribution in [3.8, 4) is 0 Å². The summed E-state index contributed by atoms with van der Waals surface area (Å²) in [5.41, 5.74) is 0.152. The fourth-order valence-electron chi connectivity index (χ4n) is 2.39. The number of benzene rings is 2. The van der Waals surface area contributed by atoms with Crippen LogP contribution in [0.5, 0.6) is 0 Å². The van der Waals surface area contributed by atoms with Gasteiger partial charge in [-0.1, -0.05) is 12.1 Å². The first-order valence-electron chi connectivity index (χ1n) is 7.12. The number of carbonyl (C=O) groups excluding carboxylic acids is 2. The molecule has 2 aromatic carbocycles. The molecule has 0 radical (unpaired) electrons. The number of hydrogen-bond acceptors (Lipinski definition) is 4. The Morgan fingerprint density at radius 1 is 0.917 bits per heavy atom. The molecule has 0 aromatic heterocycles. The first-order chi connectivity index (χ1) is 11.4. The third kappa shape index (κ3) is 3.00. The Kier molecular flexibility index (Phi) is 4.06. The van der Waals surface area contributed by atoms with Crippen molar-refractivity contribution in [3.05, 3.63) is 54.3 Å². The lowest BCUT2D eigenvalue weighted by atomic mass is 10.3. The highest BCUT2D eigenvalue weighted by molar-refractivity contribution is 7.92. The van der Waals surface area contributed by atoms with Gasteiger partial charge in [0.2, 0.25) is 11.8 Å². The van der Waals surface area contributed by atoms with Gasteiger partial charge in [-0.15, -0.1) is 0 Å². The Labute approximate surface area is 138 Å². The molecule has 0 spiro atoms. The molecule has 1 aliphatic heterocycles. The van der Waals surface area contributed by atoms with E-state index >= 15 is 0 Å². The van der Waals surface area contributed by atoms with Crippen LogP contribution in [0.4, 0.5) is 15.8 Å². The zero-order valence-electron chi connectivity index (χ0n) is 12.4. The van der Waals surface area contributed by atoms with Crippen LogP contribution in [0.3, 0.4) is 0 Å². The minimum absolute atomic E-state index is 0.103. The van der Waals surface area contributed by atoms with Gasteiger partial charge >= 0.3 is 0 Å². The van der Waals surface area contributed by atoms with Crippen molar-refractivity contribution < 1.29 is 22.4 Å². The second-order valence-electron chi connectivity index (χ2n) is 5.20. The van der Waals surface area contributed by atoms with E-state index < -0.39 is 15.8 Å². The van der Waals surface area contributed by atoms with Crippen LogP contribution in [0, 0.1) is 5.82 Å². The zero-order valence-corrected chi connectivity index (χ0v) is 13.2. The Bertz CT molecular complexity index is 894. The SMILES string of the molecule is O=C1CCC(=O)N1c1ccc(S(=O)(=O)Nc2ccccc2F)cc1. The molecule has 8 heteroatoms.